The number of carbonyl (C=O) groups excluding carboxylic acids is 1. The van der Waals surface area contributed by atoms with E-state index < -0.39 is 10.0 Å². The average molecular weight is 441 g/mol. The van der Waals surface area contributed by atoms with Crippen LogP contribution in [0, 0.1) is 5.92 Å². The molecule has 2 aromatic carbocycles. The van der Waals surface area contributed by atoms with Gasteiger partial charge in [0.05, 0.1) is 15.8 Å². The minimum Gasteiger partial charge on any atom is -0.315 e. The Hall–Kier alpha value is -1.60. The molecule has 1 fully saturated rings. The first-order valence-corrected chi connectivity index (χ1v) is 11.4. The fourth-order valence-corrected chi connectivity index (χ4v) is 5.24. The van der Waals surface area contributed by atoms with Crippen molar-refractivity contribution >= 4 is 44.8 Å². The van der Waals surface area contributed by atoms with Gasteiger partial charge in [0, 0.05) is 31.7 Å². The number of hydrogen-bond acceptors (Lipinski definition) is 3. The minimum absolute atomic E-state index is 0.0210. The summed E-state index contributed by atoms with van der Waals surface area (Å²) in [5, 5.41) is 0.729. The summed E-state index contributed by atoms with van der Waals surface area (Å²) in [6.45, 7) is 0.672. The number of amides is 1. The van der Waals surface area contributed by atoms with Gasteiger partial charge in [-0.1, -0.05) is 47.5 Å². The molecule has 1 aliphatic rings. The second-order valence-corrected chi connectivity index (χ2v) is 9.69. The molecule has 0 aromatic heterocycles. The molecule has 1 saturated heterocycles. The molecule has 8 heteroatoms. The number of halogens is 2. The molecule has 0 atom stereocenters. The monoisotopic (exact) mass is 440 g/mol. The van der Waals surface area contributed by atoms with Crippen molar-refractivity contribution in [1.29, 1.82) is 0 Å². The van der Waals surface area contributed by atoms with Crippen LogP contribution in [0.25, 0.3) is 0 Å². The Morgan fingerprint density at radius 3 is 2.32 bits per heavy atom. The Kier molecular flexibility index (Phi) is 6.65. The van der Waals surface area contributed by atoms with E-state index in [4.69, 9.17) is 23.2 Å². The van der Waals surface area contributed by atoms with Gasteiger partial charge in [0.15, 0.2) is 0 Å². The van der Waals surface area contributed by atoms with Crippen LogP contribution >= 0.6 is 23.2 Å². The second kappa shape index (κ2) is 8.82. The van der Waals surface area contributed by atoms with Gasteiger partial charge >= 0.3 is 0 Å². The lowest BCUT2D eigenvalue weighted by Crippen LogP contribution is -2.43. The zero-order valence-corrected chi connectivity index (χ0v) is 17.8. The van der Waals surface area contributed by atoms with Crippen LogP contribution in [0.4, 0.5) is 5.69 Å². The summed E-state index contributed by atoms with van der Waals surface area (Å²) in [4.78, 5) is 14.4. The van der Waals surface area contributed by atoms with Crippen molar-refractivity contribution in [2.45, 2.75) is 18.6 Å². The lowest BCUT2D eigenvalue weighted by Gasteiger charge is -2.32. The van der Waals surface area contributed by atoms with E-state index in [1.54, 1.807) is 30.1 Å². The summed E-state index contributed by atoms with van der Waals surface area (Å²) in [5.41, 5.74) is 1.43. The van der Waals surface area contributed by atoms with Crippen LogP contribution in [0.15, 0.2) is 48.5 Å². The Labute approximate surface area is 175 Å². The van der Waals surface area contributed by atoms with E-state index in [2.05, 4.69) is 0 Å². The molecule has 1 aliphatic heterocycles. The fourth-order valence-electron chi connectivity index (χ4n) is 3.36. The van der Waals surface area contributed by atoms with Crippen molar-refractivity contribution in [2.24, 2.45) is 5.92 Å². The third-order valence-corrected chi connectivity index (χ3v) is 7.59. The Morgan fingerprint density at radius 2 is 1.71 bits per heavy atom. The standard InChI is InChI=1S/C20H22Cl2N2O3S/c1-23(17-5-3-2-4-6-17)20(25)16-9-11-24(12-10-16)28(26,27)14-15-7-8-18(21)19(22)13-15/h2-8,13,16H,9-12,14H2,1H3. The van der Waals surface area contributed by atoms with Gasteiger partial charge in [-0.15, -0.1) is 0 Å². The topological polar surface area (TPSA) is 57.7 Å². The zero-order chi connectivity index (χ0) is 20.3. The molecular formula is C20H22Cl2N2O3S. The fraction of sp³-hybridized carbons (Fsp3) is 0.350. The van der Waals surface area contributed by atoms with E-state index in [-0.39, 0.29) is 17.6 Å². The Bertz CT molecular complexity index is 943. The molecule has 0 N–H and O–H groups in total. The van der Waals surface area contributed by atoms with Crippen molar-refractivity contribution in [2.75, 3.05) is 25.0 Å². The molecule has 0 unspecified atom stereocenters. The number of hydrogen-bond donors (Lipinski definition) is 0. The molecule has 0 aliphatic carbocycles. The molecular weight excluding hydrogens is 419 g/mol. The first-order valence-electron chi connectivity index (χ1n) is 9.02. The smallest absolute Gasteiger partial charge is 0.229 e. The number of sulfonamides is 1. The maximum atomic E-state index is 12.7. The highest BCUT2D eigenvalue weighted by Crippen LogP contribution is 2.27. The van der Waals surface area contributed by atoms with Gasteiger partial charge in [0.2, 0.25) is 15.9 Å². The summed E-state index contributed by atoms with van der Waals surface area (Å²) in [6, 6.07) is 14.3. The summed E-state index contributed by atoms with van der Waals surface area (Å²) >= 11 is 11.9. The van der Waals surface area contributed by atoms with E-state index in [1.807, 2.05) is 30.3 Å². The maximum absolute atomic E-state index is 12.7. The van der Waals surface area contributed by atoms with Gasteiger partial charge in [-0.2, -0.15) is 0 Å². The molecule has 28 heavy (non-hydrogen) atoms. The lowest BCUT2D eigenvalue weighted by atomic mass is 9.96. The molecule has 1 heterocycles. The number of nitrogens with zero attached hydrogens (tertiary/aromatic N) is 2. The highest BCUT2D eigenvalue weighted by molar-refractivity contribution is 7.88. The average Bonchev–Trinajstić information content (AvgIpc) is 2.70. The highest BCUT2D eigenvalue weighted by atomic mass is 35.5. The van der Waals surface area contributed by atoms with Crippen LogP contribution in [-0.2, 0) is 20.6 Å². The molecule has 0 saturated carbocycles. The number of anilines is 1. The molecule has 5 nitrogen and oxygen atoms in total. The van der Waals surface area contributed by atoms with E-state index in [1.165, 1.54) is 4.31 Å². The van der Waals surface area contributed by atoms with Gasteiger partial charge in [-0.3, -0.25) is 4.79 Å². The van der Waals surface area contributed by atoms with Crippen LogP contribution in [0.5, 0.6) is 0 Å². The number of carbonyl (C=O) groups is 1. The SMILES string of the molecule is CN(C(=O)C1CCN(S(=O)(=O)Cc2ccc(Cl)c(Cl)c2)CC1)c1ccccc1. The number of para-hydroxylation sites is 1. The molecule has 3 rings (SSSR count). The summed E-state index contributed by atoms with van der Waals surface area (Å²) in [5.74, 6) is -0.291. The summed E-state index contributed by atoms with van der Waals surface area (Å²) < 4.78 is 26.9. The third kappa shape index (κ3) is 4.87. The Morgan fingerprint density at radius 1 is 1.07 bits per heavy atom. The van der Waals surface area contributed by atoms with Crippen molar-refractivity contribution in [1.82, 2.24) is 4.31 Å². The molecule has 0 spiro atoms. The van der Waals surface area contributed by atoms with E-state index in [0.717, 1.165) is 5.69 Å². The quantitative estimate of drug-likeness (QED) is 0.699. The first-order chi connectivity index (χ1) is 13.3. The van der Waals surface area contributed by atoms with Crippen LogP contribution in [0.1, 0.15) is 18.4 Å². The third-order valence-electron chi connectivity index (χ3n) is 5.00. The normalized spacial score (nSPS) is 16.1. The summed E-state index contributed by atoms with van der Waals surface area (Å²) in [7, 11) is -1.73. The molecule has 1 amide bonds. The Balaban J connectivity index is 1.61. The van der Waals surface area contributed by atoms with E-state index >= 15 is 0 Å². The lowest BCUT2D eigenvalue weighted by molar-refractivity contribution is -0.123. The van der Waals surface area contributed by atoms with Crippen LogP contribution < -0.4 is 4.90 Å². The van der Waals surface area contributed by atoms with Crippen LogP contribution in [-0.4, -0.2) is 38.8 Å². The van der Waals surface area contributed by atoms with Gasteiger partial charge in [-0.05, 0) is 42.7 Å². The van der Waals surface area contributed by atoms with Gasteiger partial charge < -0.3 is 4.90 Å². The first kappa shape index (κ1) is 21.1. The number of benzene rings is 2. The second-order valence-electron chi connectivity index (χ2n) is 6.91. The minimum atomic E-state index is -3.48. The van der Waals surface area contributed by atoms with Crippen molar-refractivity contribution in [3.8, 4) is 0 Å². The number of rotatable bonds is 5. The molecule has 2 aromatic rings. The van der Waals surface area contributed by atoms with Gasteiger partial charge in [-0.25, -0.2) is 12.7 Å². The van der Waals surface area contributed by atoms with Crippen molar-refractivity contribution < 1.29 is 13.2 Å². The predicted molar refractivity (Wildman–Crippen MR) is 113 cm³/mol. The largest absolute Gasteiger partial charge is 0.315 e. The van der Waals surface area contributed by atoms with Crippen molar-refractivity contribution in [3.63, 3.8) is 0 Å². The highest BCUT2D eigenvalue weighted by Gasteiger charge is 2.32. The van der Waals surface area contributed by atoms with E-state index in [0.29, 0.717) is 41.5 Å². The van der Waals surface area contributed by atoms with E-state index in [9.17, 15) is 13.2 Å². The zero-order valence-electron chi connectivity index (χ0n) is 15.5. The van der Waals surface area contributed by atoms with Crippen molar-refractivity contribution in [3.05, 3.63) is 64.1 Å². The summed E-state index contributed by atoms with van der Waals surface area (Å²) in [6.07, 6.45) is 1.02. The van der Waals surface area contributed by atoms with Crippen LogP contribution in [0.3, 0.4) is 0 Å². The maximum Gasteiger partial charge on any atom is 0.229 e. The molecule has 0 bridgehead atoms. The molecule has 150 valence electrons. The molecule has 0 radical (unpaired) electrons. The number of piperidine rings is 1. The van der Waals surface area contributed by atoms with Gasteiger partial charge in [0.1, 0.15) is 0 Å². The van der Waals surface area contributed by atoms with Gasteiger partial charge in [0.25, 0.3) is 0 Å². The predicted octanol–water partition coefficient (Wildman–Crippen LogP) is 4.20. The van der Waals surface area contributed by atoms with Crippen LogP contribution in [0.2, 0.25) is 10.0 Å².